The van der Waals surface area contributed by atoms with Gasteiger partial charge in [-0.05, 0) is 96.2 Å². The van der Waals surface area contributed by atoms with Gasteiger partial charge in [0.25, 0.3) is 5.91 Å². The lowest BCUT2D eigenvalue weighted by Crippen LogP contribution is -2.62. The van der Waals surface area contributed by atoms with Crippen LogP contribution in [0.15, 0.2) is 79.0 Å². The maximum Gasteiger partial charge on any atom is 0.252 e. The van der Waals surface area contributed by atoms with E-state index in [1.165, 1.54) is 39.1 Å². The van der Waals surface area contributed by atoms with Crippen molar-refractivity contribution in [3.05, 3.63) is 90.1 Å². The van der Waals surface area contributed by atoms with Crippen LogP contribution in [0.25, 0.3) is 11.3 Å². The number of pyridine rings is 1. The Balaban J connectivity index is 1.75. The summed E-state index contributed by atoms with van der Waals surface area (Å²) in [5.74, 6) is -10.4. The fourth-order valence-corrected chi connectivity index (χ4v) is 8.65. The molecule has 24 N–H and O–H groups in total. The molecule has 87 heavy (non-hydrogen) atoms. The Morgan fingerprint density at radius 2 is 0.862 bits per heavy atom. The van der Waals surface area contributed by atoms with Crippen LogP contribution in [0.1, 0.15) is 82.6 Å². The van der Waals surface area contributed by atoms with E-state index >= 15 is 0 Å². The van der Waals surface area contributed by atoms with E-state index in [1.807, 2.05) is 18.2 Å². The standard InChI is InChI=1S/C57H87N17O13/c1-6-30(2)44(56(86)69-38(18-23-59)50(80)68-40(20-25-61)52(82)73-45(32(4)75)47(63)77)72-54(84)42(27-34-13-9-7-10-14-34)70-51(81)37(17-22-58)66-48(78)31(3)65-55(85)43(29-62)71-57(87)46(33(5)76)74-53(83)39(19-24-60)67-49(79)36-21-26-64-41(28-36)35-15-11-8-12-16-35/h7-16,21,26,28,30-33,37-40,42-46,75-76H,6,17-20,22-25,27,29,58-62H2,1-5H3,(H2,63,77)(H,65,85)(H,66,78)(H,67,79)(H,68,80)(H,69,86)(H,70,81)(H,71,87)(H,72,84)(H,73,82)(H,74,83)/t30-,31-,32+,33+,37-,38-,39-,40-,42+,43-,44-,45-,46-/m0/s1. The zero-order chi connectivity index (χ0) is 64.9. The fraction of sp³-hybridized carbons (Fsp3) is 0.509. The van der Waals surface area contributed by atoms with Crippen molar-refractivity contribution < 1.29 is 63.0 Å². The fourth-order valence-electron chi connectivity index (χ4n) is 8.65. The van der Waals surface area contributed by atoms with Gasteiger partial charge in [-0.15, -0.1) is 0 Å². The van der Waals surface area contributed by atoms with Crippen molar-refractivity contribution in [3.63, 3.8) is 0 Å². The summed E-state index contributed by atoms with van der Waals surface area (Å²) >= 11 is 0. The molecule has 0 unspecified atom stereocenters. The van der Waals surface area contributed by atoms with E-state index in [-0.39, 0.29) is 63.8 Å². The minimum absolute atomic E-state index is 0.0634. The van der Waals surface area contributed by atoms with Gasteiger partial charge >= 0.3 is 0 Å². The van der Waals surface area contributed by atoms with Crippen molar-refractivity contribution in [3.8, 4) is 11.3 Å². The highest BCUT2D eigenvalue weighted by atomic mass is 16.3. The lowest BCUT2D eigenvalue weighted by Gasteiger charge is -2.30. The summed E-state index contributed by atoms with van der Waals surface area (Å²) in [5, 5.41) is 45.6. The molecule has 0 aliphatic rings. The number of carbonyl (C=O) groups is 11. The van der Waals surface area contributed by atoms with Crippen LogP contribution in [0.5, 0.6) is 0 Å². The average Bonchev–Trinajstić information content (AvgIpc) is 3.58. The molecule has 11 amide bonds. The zero-order valence-electron chi connectivity index (χ0n) is 49.6. The molecule has 13 atom stereocenters. The molecule has 2 aromatic carbocycles. The third kappa shape index (κ3) is 23.4. The maximum absolute atomic E-state index is 14.4. The summed E-state index contributed by atoms with van der Waals surface area (Å²) in [5.41, 5.74) is 36.4. The first-order valence-corrected chi connectivity index (χ1v) is 28.6. The number of nitrogens with one attached hydrogen (secondary N) is 10. The SMILES string of the molecule is CC[C@H](C)[C@H](NC(=O)[C@@H](Cc1ccccc1)NC(=O)[C@H](CCN)NC(=O)[C@H](C)NC(=O)[C@H](CN)NC(=O)[C@@H](NC(=O)[C@H](CCN)NC(=O)c1ccnc(-c2ccccc2)c1)[C@@H](C)O)C(=O)N[C@@H](CCN)C(=O)N[C@@H](CCN)C(=O)N[C@H](C(N)=O)[C@@H](C)O. The number of rotatable bonds is 37. The number of primary amides is 1. The van der Waals surface area contributed by atoms with Gasteiger partial charge in [0.15, 0.2) is 0 Å². The van der Waals surface area contributed by atoms with E-state index in [1.54, 1.807) is 56.3 Å². The Hall–Kier alpha value is -8.52. The Kier molecular flexibility index (Phi) is 31.0. The Labute approximate surface area is 504 Å². The molecule has 1 heterocycles. The molecule has 30 heteroatoms. The van der Waals surface area contributed by atoms with Crippen LogP contribution in [0.2, 0.25) is 0 Å². The molecule has 478 valence electrons. The topological polar surface area (TPSA) is 518 Å². The number of nitrogens with zero attached hydrogens (tertiary/aromatic N) is 1. The lowest BCUT2D eigenvalue weighted by atomic mass is 9.96. The van der Waals surface area contributed by atoms with Crippen molar-refractivity contribution in [1.29, 1.82) is 0 Å². The number of hydrogen-bond acceptors (Lipinski definition) is 19. The molecular weight excluding hydrogens is 1130 g/mol. The highest BCUT2D eigenvalue weighted by Gasteiger charge is 2.37. The van der Waals surface area contributed by atoms with Crippen LogP contribution >= 0.6 is 0 Å². The molecule has 0 bridgehead atoms. The van der Waals surface area contributed by atoms with Crippen molar-refractivity contribution >= 4 is 65.0 Å². The molecule has 0 fully saturated rings. The monoisotopic (exact) mass is 1220 g/mol. The van der Waals surface area contributed by atoms with E-state index in [0.717, 1.165) is 5.56 Å². The maximum atomic E-state index is 14.4. The van der Waals surface area contributed by atoms with Gasteiger partial charge in [0.2, 0.25) is 59.1 Å². The number of carbonyl (C=O) groups excluding carboxylic acids is 11. The van der Waals surface area contributed by atoms with Gasteiger partial charge in [0, 0.05) is 30.3 Å². The molecule has 0 spiro atoms. The normalized spacial score (nSPS) is 15.6. The number of benzene rings is 2. The van der Waals surface area contributed by atoms with E-state index in [4.69, 9.17) is 34.4 Å². The minimum Gasteiger partial charge on any atom is -0.391 e. The summed E-state index contributed by atoms with van der Waals surface area (Å²) < 4.78 is 0. The van der Waals surface area contributed by atoms with Crippen molar-refractivity contribution in [2.24, 2.45) is 40.3 Å². The van der Waals surface area contributed by atoms with E-state index in [2.05, 4.69) is 58.2 Å². The van der Waals surface area contributed by atoms with E-state index in [0.29, 0.717) is 17.7 Å². The first kappa shape index (κ1) is 72.7. The number of aliphatic hydroxyl groups is 2. The number of nitrogens with two attached hydrogens (primary N) is 6. The third-order valence-electron chi connectivity index (χ3n) is 13.9. The summed E-state index contributed by atoms with van der Waals surface area (Å²) in [4.78, 5) is 154. The smallest absolute Gasteiger partial charge is 0.252 e. The van der Waals surface area contributed by atoms with Gasteiger partial charge in [-0.1, -0.05) is 80.9 Å². The summed E-state index contributed by atoms with van der Waals surface area (Å²) in [6.07, 6.45) is -1.82. The molecule has 3 rings (SSSR count). The molecule has 0 aliphatic carbocycles. The first-order valence-electron chi connectivity index (χ1n) is 28.6. The lowest BCUT2D eigenvalue weighted by molar-refractivity contribution is -0.136. The molecule has 30 nitrogen and oxygen atoms in total. The summed E-state index contributed by atoms with van der Waals surface area (Å²) in [7, 11) is 0. The van der Waals surface area contributed by atoms with Crippen LogP contribution in [-0.4, -0.2) is 186 Å². The molecule has 0 saturated heterocycles. The van der Waals surface area contributed by atoms with Gasteiger partial charge in [-0.2, -0.15) is 0 Å². The second-order valence-electron chi connectivity index (χ2n) is 20.8. The second kappa shape index (κ2) is 37.1. The van der Waals surface area contributed by atoms with E-state index < -0.39 is 150 Å². The van der Waals surface area contributed by atoms with Crippen molar-refractivity contribution in [2.45, 2.75) is 146 Å². The minimum atomic E-state index is -1.69. The molecule has 0 aliphatic heterocycles. The van der Waals surface area contributed by atoms with Gasteiger partial charge in [-0.25, -0.2) is 0 Å². The molecule has 0 saturated carbocycles. The number of amides is 11. The Bertz CT molecular complexity index is 2780. The highest BCUT2D eigenvalue weighted by Crippen LogP contribution is 2.18. The molecule has 3 aromatic rings. The summed E-state index contributed by atoms with van der Waals surface area (Å²) in [6.45, 7) is 6.12. The van der Waals surface area contributed by atoms with Crippen LogP contribution in [0.4, 0.5) is 0 Å². The van der Waals surface area contributed by atoms with Crippen LogP contribution < -0.4 is 87.6 Å². The number of hydrogen-bond donors (Lipinski definition) is 18. The predicted octanol–water partition coefficient (Wildman–Crippen LogP) is -5.88. The largest absolute Gasteiger partial charge is 0.391 e. The first-order chi connectivity index (χ1) is 41.3. The van der Waals surface area contributed by atoms with Crippen LogP contribution in [0.3, 0.4) is 0 Å². The van der Waals surface area contributed by atoms with Crippen molar-refractivity contribution in [1.82, 2.24) is 58.2 Å². The zero-order valence-corrected chi connectivity index (χ0v) is 49.6. The van der Waals surface area contributed by atoms with Gasteiger partial charge in [0.05, 0.1) is 17.9 Å². The van der Waals surface area contributed by atoms with E-state index in [9.17, 15) is 63.0 Å². The highest BCUT2D eigenvalue weighted by molar-refractivity contribution is 6.01. The molecule has 0 radical (unpaired) electrons. The number of aliphatic hydroxyl groups excluding tert-OH is 2. The van der Waals surface area contributed by atoms with Gasteiger partial charge < -0.3 is 97.8 Å². The molecular formula is C57H87N17O13. The van der Waals surface area contributed by atoms with Crippen molar-refractivity contribution in [2.75, 3.05) is 32.7 Å². The van der Waals surface area contributed by atoms with Gasteiger partial charge in [0.1, 0.15) is 60.4 Å². The van der Waals surface area contributed by atoms with Crippen LogP contribution in [0, 0.1) is 5.92 Å². The third-order valence-corrected chi connectivity index (χ3v) is 13.9. The predicted molar refractivity (Wildman–Crippen MR) is 320 cm³/mol. The quantitative estimate of drug-likeness (QED) is 0.0256. The average molecular weight is 1220 g/mol. The number of aromatic nitrogens is 1. The Morgan fingerprint density at radius 1 is 0.460 bits per heavy atom. The summed E-state index contributed by atoms with van der Waals surface area (Å²) in [6, 6.07) is 6.24. The second-order valence-corrected chi connectivity index (χ2v) is 20.8. The molecule has 1 aromatic heterocycles. The van der Waals surface area contributed by atoms with Gasteiger partial charge in [-0.3, -0.25) is 57.7 Å². The Morgan fingerprint density at radius 3 is 1.34 bits per heavy atom. The van der Waals surface area contributed by atoms with Crippen LogP contribution in [-0.2, 0) is 54.4 Å².